The highest BCUT2D eigenvalue weighted by atomic mass is 32.2. The molecule has 0 aliphatic carbocycles. The SMILES string of the molecule is C=C.C=C(C[C@H](NS(=O)(=O)CCC(C)C)C(=O)NCc1ncc(-c2ccc(CC)cc2F)[nH]1)N1CCCC[C@@H]1C.CC.CC.[HH].[HH]. The second-order valence-electron chi connectivity index (χ2n) is 10.6. The molecule has 10 heteroatoms. The van der Waals surface area contributed by atoms with Crippen LogP contribution in [0.15, 0.2) is 49.8 Å². The molecule has 1 aromatic carbocycles. The average Bonchev–Trinajstić information content (AvgIpc) is 3.50. The molecule has 1 aliphatic rings. The molecule has 2 aromatic rings. The fourth-order valence-electron chi connectivity index (χ4n) is 4.66. The van der Waals surface area contributed by atoms with E-state index in [0.717, 1.165) is 43.5 Å². The monoisotopic (exact) mass is 639 g/mol. The van der Waals surface area contributed by atoms with Crippen LogP contribution in [0, 0.1) is 11.7 Å². The lowest BCUT2D eigenvalue weighted by atomic mass is 10.0. The Morgan fingerprint density at radius 1 is 1.20 bits per heavy atom. The maximum absolute atomic E-state index is 14.5. The summed E-state index contributed by atoms with van der Waals surface area (Å²) < 4.78 is 42.7. The molecule has 0 radical (unpaired) electrons. The summed E-state index contributed by atoms with van der Waals surface area (Å²) in [5, 5.41) is 2.79. The number of nitrogens with zero attached hydrogens (tertiary/aromatic N) is 2. The van der Waals surface area contributed by atoms with E-state index in [1.54, 1.807) is 6.07 Å². The van der Waals surface area contributed by atoms with Crippen LogP contribution in [0.2, 0.25) is 0 Å². The smallest absolute Gasteiger partial charge is 0.238 e. The molecule has 1 fully saturated rings. The summed E-state index contributed by atoms with van der Waals surface area (Å²) in [5.74, 6) is -0.188. The van der Waals surface area contributed by atoms with Gasteiger partial charge in [0, 0.05) is 33.1 Å². The van der Waals surface area contributed by atoms with E-state index in [9.17, 15) is 17.6 Å². The van der Waals surface area contributed by atoms with Crippen molar-refractivity contribution in [3.05, 3.63) is 67.0 Å². The number of carbonyl (C=O) groups is 1. The molecule has 1 amide bonds. The first-order chi connectivity index (χ1) is 21.0. The molecular weight excluding hydrogens is 577 g/mol. The second-order valence-corrected chi connectivity index (χ2v) is 12.5. The third-order valence-electron chi connectivity index (χ3n) is 7.04. The first-order valence-corrected chi connectivity index (χ1v) is 17.7. The molecule has 8 nitrogen and oxygen atoms in total. The Morgan fingerprint density at radius 2 is 1.86 bits per heavy atom. The minimum Gasteiger partial charge on any atom is -0.373 e. The van der Waals surface area contributed by atoms with Crippen molar-refractivity contribution in [3.8, 4) is 11.3 Å². The third kappa shape index (κ3) is 13.8. The van der Waals surface area contributed by atoms with E-state index in [-0.39, 0.29) is 33.3 Å². The van der Waals surface area contributed by atoms with Crippen LogP contribution in [0.25, 0.3) is 11.3 Å². The largest absolute Gasteiger partial charge is 0.373 e. The molecule has 0 spiro atoms. The number of imidazole rings is 1. The molecule has 44 heavy (non-hydrogen) atoms. The first-order valence-electron chi connectivity index (χ1n) is 16.0. The van der Waals surface area contributed by atoms with Crippen LogP contribution in [0.3, 0.4) is 0 Å². The number of hydrogen-bond acceptors (Lipinski definition) is 5. The zero-order valence-corrected chi connectivity index (χ0v) is 29.2. The molecule has 0 bridgehead atoms. The Bertz CT molecular complexity index is 1240. The number of hydrogen-bond donors (Lipinski definition) is 3. The van der Waals surface area contributed by atoms with Crippen LogP contribution in [-0.4, -0.2) is 53.6 Å². The molecule has 3 rings (SSSR count). The molecule has 2 atom stereocenters. The van der Waals surface area contributed by atoms with Gasteiger partial charge >= 0.3 is 0 Å². The maximum atomic E-state index is 14.5. The van der Waals surface area contributed by atoms with Gasteiger partial charge < -0.3 is 15.2 Å². The number of halogens is 1. The molecule has 1 aliphatic heterocycles. The number of carbonyl (C=O) groups excluding carboxylic acids is 1. The van der Waals surface area contributed by atoms with Crippen LogP contribution in [-0.2, 0) is 27.8 Å². The van der Waals surface area contributed by atoms with Gasteiger partial charge in [0.2, 0.25) is 15.9 Å². The summed E-state index contributed by atoms with van der Waals surface area (Å²) in [5.41, 5.74) is 2.55. The van der Waals surface area contributed by atoms with E-state index < -0.39 is 22.0 Å². The van der Waals surface area contributed by atoms with Gasteiger partial charge in [0.05, 0.1) is 24.2 Å². The predicted octanol–water partition coefficient (Wildman–Crippen LogP) is 7.85. The number of sulfonamides is 1. The van der Waals surface area contributed by atoms with Crippen molar-refractivity contribution in [2.45, 2.75) is 113 Å². The second kappa shape index (κ2) is 21.7. The zero-order chi connectivity index (χ0) is 33.9. The molecule has 0 saturated carbocycles. The van der Waals surface area contributed by atoms with Crippen molar-refractivity contribution in [2.24, 2.45) is 5.92 Å². The lowest BCUT2D eigenvalue weighted by Gasteiger charge is -2.37. The number of amides is 1. The Morgan fingerprint density at radius 3 is 2.43 bits per heavy atom. The van der Waals surface area contributed by atoms with Crippen molar-refractivity contribution in [2.75, 3.05) is 12.3 Å². The molecule has 2 heterocycles. The van der Waals surface area contributed by atoms with Gasteiger partial charge in [0.15, 0.2) is 0 Å². The number of likely N-dealkylation sites (tertiary alicyclic amines) is 1. The van der Waals surface area contributed by atoms with Crippen molar-refractivity contribution >= 4 is 15.9 Å². The number of H-pyrrole nitrogens is 1. The average molecular weight is 640 g/mol. The molecule has 3 N–H and O–H groups in total. The van der Waals surface area contributed by atoms with Gasteiger partial charge in [-0.15, -0.1) is 13.2 Å². The Balaban J connectivity index is -0.00000218. The summed E-state index contributed by atoms with van der Waals surface area (Å²) in [7, 11) is -3.67. The number of aryl methyl sites for hydroxylation is 1. The number of aromatic nitrogens is 2. The van der Waals surface area contributed by atoms with Crippen molar-refractivity contribution in [1.82, 2.24) is 24.9 Å². The minimum absolute atomic E-state index is 0. The fourth-order valence-corrected chi connectivity index (χ4v) is 6.18. The third-order valence-corrected chi connectivity index (χ3v) is 8.46. The fraction of sp³-hybridized carbons (Fsp3) is 0.588. The molecular formula is C34H62FN5O3S. The Kier molecular flexibility index (Phi) is 20.2. The van der Waals surface area contributed by atoms with Crippen LogP contribution in [0.4, 0.5) is 4.39 Å². The standard InChI is InChI=1S/C28H42FN5O3S.2C2H6.C2H4.2H2/c1-6-22-10-11-23(24(29)16-22)26-17-30-27(32-26)18-31-28(35)25(33-38(36,37)14-12-19(2)3)15-21(5)34-13-8-7-9-20(34)4;3*1-2;;/h10-11,16-17,19-20,25,33H,5-9,12-15,18H2,1-4H3,(H,30,32)(H,31,35);2*1-2H3;1-2H2;2*1H/t20-,25-;;;;;/m0...../s1. The Labute approximate surface area is 270 Å². The summed E-state index contributed by atoms with van der Waals surface area (Å²) in [6, 6.07) is 4.38. The van der Waals surface area contributed by atoms with E-state index in [2.05, 4.69) is 51.6 Å². The van der Waals surface area contributed by atoms with E-state index in [1.165, 1.54) is 12.3 Å². The van der Waals surface area contributed by atoms with Crippen molar-refractivity contribution < 1.29 is 20.5 Å². The van der Waals surface area contributed by atoms with Crippen molar-refractivity contribution in [3.63, 3.8) is 0 Å². The molecule has 254 valence electrons. The van der Waals surface area contributed by atoms with Crippen molar-refractivity contribution in [1.29, 1.82) is 0 Å². The van der Waals surface area contributed by atoms with E-state index in [0.29, 0.717) is 29.5 Å². The van der Waals surface area contributed by atoms with E-state index in [1.807, 2.05) is 54.5 Å². The summed E-state index contributed by atoms with van der Waals surface area (Å²) >= 11 is 0. The summed E-state index contributed by atoms with van der Waals surface area (Å²) in [6.07, 6.45) is 6.17. The summed E-state index contributed by atoms with van der Waals surface area (Å²) in [6.45, 7) is 27.1. The number of benzene rings is 1. The van der Waals surface area contributed by atoms with Gasteiger partial charge in [-0.3, -0.25) is 4.79 Å². The van der Waals surface area contributed by atoms with Gasteiger partial charge in [-0.25, -0.2) is 22.5 Å². The number of rotatable bonds is 13. The molecule has 0 unspecified atom stereocenters. The quantitative estimate of drug-likeness (QED) is 0.194. The highest BCUT2D eigenvalue weighted by molar-refractivity contribution is 7.89. The summed E-state index contributed by atoms with van der Waals surface area (Å²) in [4.78, 5) is 22.7. The van der Waals surface area contributed by atoms with Crippen LogP contribution in [0.1, 0.15) is 102 Å². The van der Waals surface area contributed by atoms with Crippen LogP contribution in [0.5, 0.6) is 0 Å². The first kappa shape index (κ1) is 41.0. The van der Waals surface area contributed by atoms with Crippen LogP contribution >= 0.6 is 0 Å². The van der Waals surface area contributed by atoms with E-state index in [4.69, 9.17) is 0 Å². The predicted molar refractivity (Wildman–Crippen MR) is 187 cm³/mol. The van der Waals surface area contributed by atoms with Crippen LogP contribution < -0.4 is 10.0 Å². The Hall–Kier alpha value is -2.98. The van der Waals surface area contributed by atoms with Gasteiger partial charge in [0.1, 0.15) is 17.7 Å². The topological polar surface area (TPSA) is 107 Å². The van der Waals surface area contributed by atoms with Gasteiger partial charge in [-0.1, -0.05) is 61.1 Å². The molecule has 1 aromatic heterocycles. The molecule has 1 saturated heterocycles. The van der Waals surface area contributed by atoms with Gasteiger partial charge in [-0.05, 0) is 62.6 Å². The maximum Gasteiger partial charge on any atom is 0.238 e. The number of aromatic amines is 1. The lowest BCUT2D eigenvalue weighted by molar-refractivity contribution is -0.123. The van der Waals surface area contributed by atoms with Gasteiger partial charge in [-0.2, -0.15) is 0 Å². The minimum atomic E-state index is -3.67. The highest BCUT2D eigenvalue weighted by Crippen LogP contribution is 2.24. The number of piperidine rings is 1. The van der Waals surface area contributed by atoms with E-state index >= 15 is 0 Å². The van der Waals surface area contributed by atoms with Gasteiger partial charge in [0.25, 0.3) is 0 Å². The highest BCUT2D eigenvalue weighted by Gasteiger charge is 2.28. The normalized spacial score (nSPS) is 15.0. The zero-order valence-electron chi connectivity index (χ0n) is 28.4. The lowest BCUT2D eigenvalue weighted by Crippen LogP contribution is -2.49. The number of nitrogens with one attached hydrogen (secondary N) is 3.